The molecule has 38 heavy (non-hydrogen) atoms. The third kappa shape index (κ3) is 5.21. The van der Waals surface area contributed by atoms with Crippen LogP contribution in [0, 0.1) is 124 Å². The molecule has 0 aliphatic heterocycles. The molecule has 0 saturated heterocycles. The molecule has 0 bridgehead atoms. The van der Waals surface area contributed by atoms with E-state index < -0.39 is 0 Å². The van der Waals surface area contributed by atoms with Crippen LogP contribution in [0.15, 0.2) is 0 Å². The van der Waals surface area contributed by atoms with Gasteiger partial charge in [-0.3, -0.25) is 0 Å². The molecule has 14 atom stereocenters. The van der Waals surface area contributed by atoms with Crippen LogP contribution in [0.2, 0.25) is 0 Å². The summed E-state index contributed by atoms with van der Waals surface area (Å²) in [5.74, 6) is 17.4. The summed E-state index contributed by atoms with van der Waals surface area (Å²) in [4.78, 5) is 0. The fourth-order valence-corrected chi connectivity index (χ4v) is 11.9. The second kappa shape index (κ2) is 12.1. The Kier molecular flexibility index (Phi) is 10.3. The highest BCUT2D eigenvalue weighted by Gasteiger charge is 2.55. The van der Waals surface area contributed by atoms with Gasteiger partial charge in [-0.15, -0.1) is 0 Å². The summed E-state index contributed by atoms with van der Waals surface area (Å²) in [5.41, 5.74) is 0. The SMILES string of the molecule is CC1C(C)C(C)C(C(C)C(C)C(C2C(C)C(C)C(C)C(C)C2C)C2C(C)C(C)C(C)C(C)C2C)C(C)C1C. The number of hydrogen-bond donors (Lipinski definition) is 0. The second-order valence-electron chi connectivity index (χ2n) is 16.9. The van der Waals surface area contributed by atoms with Gasteiger partial charge in [-0.2, -0.15) is 0 Å². The van der Waals surface area contributed by atoms with E-state index in [0.29, 0.717) is 0 Å². The van der Waals surface area contributed by atoms with E-state index in [-0.39, 0.29) is 0 Å². The standard InChI is InChI=1S/C38H72/c1-18-21(4)27(10)35(28(11)22(18)5)33(16)34(17)38(36-29(12)23(6)19(2)24(7)30(36)13)37-31(14)25(8)20(3)26(9)32(37)15/h18-38H,1-17H3. The molecule has 0 aromatic carbocycles. The van der Waals surface area contributed by atoms with E-state index in [1.165, 1.54) is 0 Å². The Bertz CT molecular complexity index is 667. The summed E-state index contributed by atoms with van der Waals surface area (Å²) in [6, 6.07) is 0. The Morgan fingerprint density at radius 1 is 0.263 bits per heavy atom. The molecule has 14 unspecified atom stereocenters. The molecule has 3 aliphatic rings. The van der Waals surface area contributed by atoms with Crippen molar-refractivity contribution in [2.45, 2.75) is 118 Å². The smallest absolute Gasteiger partial charge is 0.0318 e. The van der Waals surface area contributed by atoms with Crippen molar-refractivity contribution >= 4 is 0 Å². The van der Waals surface area contributed by atoms with Crippen LogP contribution >= 0.6 is 0 Å². The van der Waals surface area contributed by atoms with Gasteiger partial charge in [0.15, 0.2) is 0 Å². The van der Waals surface area contributed by atoms with Crippen LogP contribution in [0.4, 0.5) is 0 Å². The van der Waals surface area contributed by atoms with Crippen LogP contribution in [0.5, 0.6) is 0 Å². The normalized spacial score (nSPS) is 56.8. The van der Waals surface area contributed by atoms with Crippen LogP contribution in [-0.4, -0.2) is 0 Å². The first kappa shape index (κ1) is 32.5. The molecule has 0 heteroatoms. The first-order valence-electron chi connectivity index (χ1n) is 17.5. The fourth-order valence-electron chi connectivity index (χ4n) is 11.9. The quantitative estimate of drug-likeness (QED) is 0.333. The summed E-state index contributed by atoms with van der Waals surface area (Å²) >= 11 is 0. The van der Waals surface area contributed by atoms with E-state index in [1.807, 2.05) is 0 Å². The number of hydrogen-bond acceptors (Lipinski definition) is 0. The van der Waals surface area contributed by atoms with Crippen molar-refractivity contribution in [1.82, 2.24) is 0 Å². The summed E-state index contributed by atoms with van der Waals surface area (Å²) in [6.07, 6.45) is 0. The molecule has 0 amide bonds. The van der Waals surface area contributed by atoms with Crippen molar-refractivity contribution in [2.24, 2.45) is 124 Å². The summed E-state index contributed by atoms with van der Waals surface area (Å²) in [6.45, 7) is 44.6. The maximum Gasteiger partial charge on any atom is -0.0318 e. The zero-order valence-electron chi connectivity index (χ0n) is 29.1. The Labute approximate surface area is 241 Å². The molecule has 3 rings (SSSR count). The van der Waals surface area contributed by atoms with Gasteiger partial charge in [0, 0.05) is 0 Å². The fraction of sp³-hybridized carbons (Fsp3) is 1.00. The first-order chi connectivity index (χ1) is 17.5. The van der Waals surface area contributed by atoms with Gasteiger partial charge in [0.25, 0.3) is 0 Å². The molecule has 3 fully saturated rings. The highest BCUT2D eigenvalue weighted by Crippen LogP contribution is 2.60. The van der Waals surface area contributed by atoms with Crippen molar-refractivity contribution < 1.29 is 0 Å². The largest absolute Gasteiger partial charge is 0.0620 e. The van der Waals surface area contributed by atoms with Gasteiger partial charge in [0.1, 0.15) is 0 Å². The summed E-state index contributed by atoms with van der Waals surface area (Å²) in [7, 11) is 0. The Balaban J connectivity index is 2.11. The van der Waals surface area contributed by atoms with Crippen LogP contribution in [-0.2, 0) is 0 Å². The number of rotatable bonds is 5. The summed E-state index contributed by atoms with van der Waals surface area (Å²) in [5, 5.41) is 0. The zero-order chi connectivity index (χ0) is 29.1. The van der Waals surface area contributed by atoms with E-state index in [1.54, 1.807) is 0 Å². The predicted molar refractivity (Wildman–Crippen MR) is 170 cm³/mol. The first-order valence-corrected chi connectivity index (χ1v) is 17.5. The van der Waals surface area contributed by atoms with Gasteiger partial charge in [0.2, 0.25) is 0 Å². The van der Waals surface area contributed by atoms with Gasteiger partial charge in [-0.1, -0.05) is 118 Å². The molecular weight excluding hydrogens is 456 g/mol. The summed E-state index contributed by atoms with van der Waals surface area (Å²) < 4.78 is 0. The van der Waals surface area contributed by atoms with Gasteiger partial charge in [-0.25, -0.2) is 0 Å². The minimum Gasteiger partial charge on any atom is -0.0620 e. The van der Waals surface area contributed by atoms with E-state index in [0.717, 1.165) is 124 Å². The predicted octanol–water partition coefficient (Wildman–Crippen LogP) is 11.3. The van der Waals surface area contributed by atoms with Crippen LogP contribution in [0.25, 0.3) is 0 Å². The van der Waals surface area contributed by atoms with Crippen LogP contribution < -0.4 is 0 Å². The van der Waals surface area contributed by atoms with E-state index in [2.05, 4.69) is 118 Å². The van der Waals surface area contributed by atoms with Gasteiger partial charge in [0.05, 0.1) is 0 Å². The van der Waals surface area contributed by atoms with E-state index >= 15 is 0 Å². The highest BCUT2D eigenvalue weighted by atomic mass is 14.6. The molecule has 0 spiro atoms. The van der Waals surface area contributed by atoms with Crippen molar-refractivity contribution in [3.63, 3.8) is 0 Å². The van der Waals surface area contributed by atoms with Gasteiger partial charge >= 0.3 is 0 Å². The molecule has 0 aromatic heterocycles. The lowest BCUT2D eigenvalue weighted by atomic mass is 9.45. The lowest BCUT2D eigenvalue weighted by molar-refractivity contribution is -0.118. The Morgan fingerprint density at radius 2 is 0.447 bits per heavy atom. The third-order valence-electron chi connectivity index (χ3n) is 16.5. The Morgan fingerprint density at radius 3 is 0.684 bits per heavy atom. The molecule has 0 nitrogen and oxygen atoms in total. The second-order valence-corrected chi connectivity index (χ2v) is 16.9. The van der Waals surface area contributed by atoms with Crippen molar-refractivity contribution in [1.29, 1.82) is 0 Å². The minimum atomic E-state index is 0.781. The lowest BCUT2D eigenvalue weighted by Crippen LogP contribution is -2.55. The van der Waals surface area contributed by atoms with Crippen LogP contribution in [0.1, 0.15) is 118 Å². The Hall–Kier alpha value is 0. The van der Waals surface area contributed by atoms with E-state index in [9.17, 15) is 0 Å². The zero-order valence-corrected chi connectivity index (χ0v) is 29.1. The topological polar surface area (TPSA) is 0 Å². The lowest BCUT2D eigenvalue weighted by Gasteiger charge is -2.60. The van der Waals surface area contributed by atoms with Gasteiger partial charge < -0.3 is 0 Å². The molecule has 0 N–H and O–H groups in total. The maximum atomic E-state index is 2.75. The van der Waals surface area contributed by atoms with Gasteiger partial charge in [-0.05, 0) is 124 Å². The average Bonchev–Trinajstić information content (AvgIpc) is 2.89. The molecule has 0 heterocycles. The van der Waals surface area contributed by atoms with Crippen molar-refractivity contribution in [3.05, 3.63) is 0 Å². The molecule has 3 aliphatic carbocycles. The minimum absolute atomic E-state index is 0.781. The molecule has 224 valence electrons. The molecule has 0 aromatic rings. The molecule has 0 radical (unpaired) electrons. The van der Waals surface area contributed by atoms with E-state index in [4.69, 9.17) is 0 Å². The maximum absolute atomic E-state index is 2.75. The third-order valence-corrected chi connectivity index (χ3v) is 16.5. The monoisotopic (exact) mass is 529 g/mol. The van der Waals surface area contributed by atoms with Crippen molar-refractivity contribution in [3.8, 4) is 0 Å². The van der Waals surface area contributed by atoms with Crippen LogP contribution in [0.3, 0.4) is 0 Å². The molecule has 3 saturated carbocycles. The highest BCUT2D eigenvalue weighted by molar-refractivity contribution is 5.02. The average molecular weight is 529 g/mol. The molecular formula is C38H72. The van der Waals surface area contributed by atoms with Crippen molar-refractivity contribution in [2.75, 3.05) is 0 Å².